The topological polar surface area (TPSA) is 111 Å². The van der Waals surface area contributed by atoms with Crippen molar-refractivity contribution < 1.29 is 22.8 Å². The molecule has 1 fully saturated rings. The van der Waals surface area contributed by atoms with Gasteiger partial charge in [0.05, 0.1) is 5.92 Å². The Morgan fingerprint density at radius 1 is 1.15 bits per heavy atom. The number of alkyl halides is 3. The zero-order valence-electron chi connectivity index (χ0n) is 13.5. The fourth-order valence-corrected chi connectivity index (χ4v) is 3.84. The Kier molecular flexibility index (Phi) is 4.47. The third kappa shape index (κ3) is 3.42. The molecule has 2 unspecified atom stereocenters. The minimum Gasteiger partial charge on any atom is -0.370 e. The molecule has 0 aliphatic heterocycles. The monoisotopic (exact) mass is 366 g/mol. The van der Waals surface area contributed by atoms with Crippen molar-refractivity contribution in [2.24, 2.45) is 34.2 Å². The van der Waals surface area contributed by atoms with E-state index >= 15 is 0 Å². The summed E-state index contributed by atoms with van der Waals surface area (Å²) in [7, 11) is 0. The van der Waals surface area contributed by atoms with E-state index in [2.05, 4.69) is 4.99 Å². The highest BCUT2D eigenvalue weighted by Gasteiger charge is 2.48. The molecule has 2 aliphatic carbocycles. The third-order valence-corrected chi connectivity index (χ3v) is 4.77. The minimum atomic E-state index is -4.98. The maximum Gasteiger partial charge on any atom is 0.471 e. The van der Waals surface area contributed by atoms with Crippen LogP contribution in [0.25, 0.3) is 0 Å². The van der Waals surface area contributed by atoms with Gasteiger partial charge in [0, 0.05) is 11.6 Å². The molecule has 9 heteroatoms. The summed E-state index contributed by atoms with van der Waals surface area (Å²) < 4.78 is 37.3. The zero-order valence-corrected chi connectivity index (χ0v) is 13.5. The Morgan fingerprint density at radius 3 is 2.50 bits per heavy atom. The first-order valence-electron chi connectivity index (χ1n) is 7.96. The average molecular weight is 366 g/mol. The number of aliphatic imine (C=N–C) groups is 1. The number of benzene rings is 1. The second kappa shape index (κ2) is 6.47. The van der Waals surface area contributed by atoms with Crippen molar-refractivity contribution >= 4 is 23.5 Å². The molecule has 0 radical (unpaired) electrons. The van der Waals surface area contributed by atoms with Gasteiger partial charge in [-0.1, -0.05) is 24.3 Å². The summed E-state index contributed by atoms with van der Waals surface area (Å²) in [6.45, 7) is 0. The van der Waals surface area contributed by atoms with E-state index in [-0.39, 0.29) is 29.4 Å². The quantitative estimate of drug-likeness (QED) is 0.431. The Labute approximate surface area is 147 Å². The van der Waals surface area contributed by atoms with Crippen LogP contribution in [0.5, 0.6) is 0 Å². The second-order valence-corrected chi connectivity index (χ2v) is 6.45. The fraction of sp³-hybridized carbons (Fsp3) is 0.353. The lowest BCUT2D eigenvalue weighted by Gasteiger charge is -2.26. The molecule has 1 aromatic rings. The lowest BCUT2D eigenvalue weighted by atomic mass is 9.78. The molecule has 0 spiro atoms. The molecule has 0 heterocycles. The maximum absolute atomic E-state index is 12.4. The average Bonchev–Trinajstić information content (AvgIpc) is 3.14. The van der Waals surface area contributed by atoms with Gasteiger partial charge < -0.3 is 16.8 Å². The van der Waals surface area contributed by atoms with Crippen LogP contribution in [0.2, 0.25) is 0 Å². The van der Waals surface area contributed by atoms with E-state index < -0.39 is 23.9 Å². The summed E-state index contributed by atoms with van der Waals surface area (Å²) in [6.07, 6.45) is -0.284. The summed E-state index contributed by atoms with van der Waals surface area (Å²) in [5.41, 5.74) is 11.3. The van der Waals surface area contributed by atoms with E-state index in [1.165, 1.54) is 12.1 Å². The van der Waals surface area contributed by atoms with E-state index in [1.54, 1.807) is 12.1 Å². The molecule has 2 aliphatic rings. The molecule has 3 rings (SSSR count). The molecule has 2 bridgehead atoms. The standard InChI is InChI=1S/C17H17F3N4O2/c18-17(19,20)15(26)23-11-3-1-2-8(7-11)12-9-4-5-10(6-9)13(12)14(25)24-16(21)22/h1-5,7,9-10,12-13H,6H2,(H,23,26)(H4,21,22,24,25)/t9?,10?,12-,13-/m1/s1. The first kappa shape index (κ1) is 18.0. The van der Waals surface area contributed by atoms with Crippen LogP contribution >= 0.6 is 0 Å². The van der Waals surface area contributed by atoms with Crippen LogP contribution in [0.15, 0.2) is 41.4 Å². The van der Waals surface area contributed by atoms with Gasteiger partial charge in [0.25, 0.3) is 5.91 Å². The van der Waals surface area contributed by atoms with E-state index in [4.69, 9.17) is 11.5 Å². The normalized spacial score (nSPS) is 26.6. The molecular weight excluding hydrogens is 349 g/mol. The highest BCUT2D eigenvalue weighted by atomic mass is 19.4. The largest absolute Gasteiger partial charge is 0.471 e. The number of guanidine groups is 1. The third-order valence-electron chi connectivity index (χ3n) is 4.77. The predicted molar refractivity (Wildman–Crippen MR) is 88.9 cm³/mol. The lowest BCUT2D eigenvalue weighted by molar-refractivity contribution is -0.167. The highest BCUT2D eigenvalue weighted by molar-refractivity contribution is 5.95. The number of nitrogens with one attached hydrogen (secondary N) is 1. The van der Waals surface area contributed by atoms with Gasteiger partial charge in [-0.15, -0.1) is 0 Å². The minimum absolute atomic E-state index is 0.0182. The number of amides is 2. The Hall–Kier alpha value is -2.84. The summed E-state index contributed by atoms with van der Waals surface area (Å²) in [5, 5.41) is 1.83. The molecule has 5 N–H and O–H groups in total. The van der Waals surface area contributed by atoms with Crippen LogP contribution in [0.4, 0.5) is 18.9 Å². The van der Waals surface area contributed by atoms with Crippen molar-refractivity contribution in [3.63, 3.8) is 0 Å². The lowest BCUT2D eigenvalue weighted by Crippen LogP contribution is -2.31. The first-order chi connectivity index (χ1) is 12.2. The number of halogens is 3. The van der Waals surface area contributed by atoms with Crippen molar-refractivity contribution in [3.05, 3.63) is 42.0 Å². The summed E-state index contributed by atoms with van der Waals surface area (Å²) >= 11 is 0. The zero-order chi connectivity index (χ0) is 19.1. The molecule has 6 nitrogen and oxygen atoms in total. The van der Waals surface area contributed by atoms with Gasteiger partial charge in [-0.3, -0.25) is 9.59 Å². The molecule has 1 saturated carbocycles. The Bertz CT molecular complexity index is 799. The van der Waals surface area contributed by atoms with Crippen molar-refractivity contribution in [1.29, 1.82) is 0 Å². The van der Waals surface area contributed by atoms with Crippen molar-refractivity contribution in [3.8, 4) is 0 Å². The van der Waals surface area contributed by atoms with Gasteiger partial charge in [0.1, 0.15) is 0 Å². The Balaban J connectivity index is 1.89. The van der Waals surface area contributed by atoms with Gasteiger partial charge in [-0.25, -0.2) is 0 Å². The van der Waals surface area contributed by atoms with Gasteiger partial charge in [-0.05, 0) is 36.0 Å². The number of nitrogens with two attached hydrogens (primary N) is 2. The number of hydrogen-bond donors (Lipinski definition) is 3. The summed E-state index contributed by atoms with van der Waals surface area (Å²) in [6, 6.07) is 6.08. The number of fused-ring (bicyclic) bond motifs is 2. The van der Waals surface area contributed by atoms with Crippen LogP contribution in [0.3, 0.4) is 0 Å². The van der Waals surface area contributed by atoms with Crippen LogP contribution in [-0.4, -0.2) is 24.0 Å². The van der Waals surface area contributed by atoms with Gasteiger partial charge in [0.2, 0.25) is 0 Å². The van der Waals surface area contributed by atoms with E-state index in [0.29, 0.717) is 5.56 Å². The smallest absolute Gasteiger partial charge is 0.370 e. The number of allylic oxidation sites excluding steroid dienone is 2. The second-order valence-electron chi connectivity index (χ2n) is 6.45. The van der Waals surface area contributed by atoms with Crippen LogP contribution in [0, 0.1) is 17.8 Å². The molecule has 2 amide bonds. The number of carbonyl (C=O) groups excluding carboxylic acids is 2. The number of nitrogens with zero attached hydrogens (tertiary/aromatic N) is 1. The molecule has 26 heavy (non-hydrogen) atoms. The first-order valence-corrected chi connectivity index (χ1v) is 7.96. The Morgan fingerprint density at radius 2 is 1.85 bits per heavy atom. The molecule has 4 atom stereocenters. The molecule has 1 aromatic carbocycles. The van der Waals surface area contributed by atoms with Crippen LogP contribution in [0.1, 0.15) is 17.9 Å². The van der Waals surface area contributed by atoms with Crippen molar-refractivity contribution in [2.45, 2.75) is 18.5 Å². The van der Waals surface area contributed by atoms with Gasteiger partial charge in [-0.2, -0.15) is 18.2 Å². The fourth-order valence-electron chi connectivity index (χ4n) is 3.84. The summed E-state index contributed by atoms with van der Waals surface area (Å²) in [4.78, 5) is 27.2. The summed E-state index contributed by atoms with van der Waals surface area (Å²) in [5.74, 6) is -3.52. The van der Waals surface area contributed by atoms with Gasteiger partial charge >= 0.3 is 12.1 Å². The number of hydrogen-bond acceptors (Lipinski definition) is 2. The van der Waals surface area contributed by atoms with Gasteiger partial charge in [0.15, 0.2) is 5.96 Å². The highest BCUT2D eigenvalue weighted by Crippen LogP contribution is 2.53. The predicted octanol–water partition coefficient (Wildman–Crippen LogP) is 1.89. The van der Waals surface area contributed by atoms with E-state index in [0.717, 1.165) is 6.42 Å². The molecule has 0 aromatic heterocycles. The SMILES string of the molecule is NC(N)=NC(=O)[C@@H]1C2C=CC(C2)[C@H]1c1cccc(NC(=O)C(F)(F)F)c1. The molecule has 138 valence electrons. The maximum atomic E-state index is 12.4. The number of anilines is 1. The van der Waals surface area contributed by atoms with Crippen LogP contribution < -0.4 is 16.8 Å². The number of carbonyl (C=O) groups is 2. The molecular formula is C17H17F3N4O2. The van der Waals surface area contributed by atoms with E-state index in [9.17, 15) is 22.8 Å². The number of rotatable bonds is 3. The molecule has 0 saturated heterocycles. The van der Waals surface area contributed by atoms with Crippen molar-refractivity contribution in [2.75, 3.05) is 5.32 Å². The van der Waals surface area contributed by atoms with E-state index in [1.807, 2.05) is 17.5 Å². The van der Waals surface area contributed by atoms with Crippen LogP contribution in [-0.2, 0) is 9.59 Å². The van der Waals surface area contributed by atoms with Crippen molar-refractivity contribution in [1.82, 2.24) is 0 Å².